The first-order chi connectivity index (χ1) is 10.6. The van der Waals surface area contributed by atoms with Crippen LogP contribution in [-0.4, -0.2) is 19.0 Å². The second-order valence-corrected chi connectivity index (χ2v) is 6.45. The zero-order valence-corrected chi connectivity index (χ0v) is 14.7. The molecule has 0 fully saturated rings. The van der Waals surface area contributed by atoms with Gasteiger partial charge in [0.25, 0.3) is 0 Å². The normalized spacial score (nSPS) is 10.3. The number of halogens is 1. The standard InChI is InChI=1S/C16H16BrNO3S/c1-3-4-13(19)18-15-14(16(20)21-2)12(9-22-15)10-5-7-11(17)8-6-10/h5-9H,3-4H2,1-2H3,(H,18,19). The molecular weight excluding hydrogens is 366 g/mol. The van der Waals surface area contributed by atoms with Gasteiger partial charge in [0.15, 0.2) is 0 Å². The molecule has 6 heteroatoms. The van der Waals surface area contributed by atoms with E-state index in [0.29, 0.717) is 17.0 Å². The molecule has 0 aliphatic heterocycles. The number of methoxy groups -OCH3 is 1. The van der Waals surface area contributed by atoms with Crippen molar-refractivity contribution in [1.82, 2.24) is 0 Å². The topological polar surface area (TPSA) is 55.4 Å². The lowest BCUT2D eigenvalue weighted by atomic mass is 10.0. The van der Waals surface area contributed by atoms with Crippen molar-refractivity contribution in [3.8, 4) is 11.1 Å². The van der Waals surface area contributed by atoms with Crippen molar-refractivity contribution >= 4 is 44.1 Å². The van der Waals surface area contributed by atoms with E-state index >= 15 is 0 Å². The summed E-state index contributed by atoms with van der Waals surface area (Å²) >= 11 is 4.72. The smallest absolute Gasteiger partial charge is 0.341 e. The number of amides is 1. The zero-order chi connectivity index (χ0) is 16.1. The van der Waals surface area contributed by atoms with E-state index < -0.39 is 5.97 Å². The first-order valence-electron chi connectivity index (χ1n) is 6.82. The number of thiophene rings is 1. The van der Waals surface area contributed by atoms with Crippen LogP contribution in [0, 0.1) is 0 Å². The molecule has 0 saturated heterocycles. The van der Waals surface area contributed by atoms with Gasteiger partial charge in [0.1, 0.15) is 10.6 Å². The average molecular weight is 382 g/mol. The molecular formula is C16H16BrNO3S. The van der Waals surface area contributed by atoms with Crippen molar-refractivity contribution in [2.24, 2.45) is 0 Å². The van der Waals surface area contributed by atoms with Crippen LogP contribution < -0.4 is 5.32 Å². The third-order valence-corrected chi connectivity index (χ3v) is 4.49. The maximum atomic E-state index is 12.1. The molecule has 0 bridgehead atoms. The minimum atomic E-state index is -0.453. The summed E-state index contributed by atoms with van der Waals surface area (Å²) in [5.74, 6) is -0.553. The Morgan fingerprint density at radius 3 is 2.55 bits per heavy atom. The zero-order valence-electron chi connectivity index (χ0n) is 12.3. The van der Waals surface area contributed by atoms with E-state index in [1.807, 2.05) is 36.6 Å². The molecule has 2 aromatic rings. The van der Waals surface area contributed by atoms with Crippen LogP contribution in [0.2, 0.25) is 0 Å². The number of rotatable bonds is 5. The van der Waals surface area contributed by atoms with E-state index in [1.54, 1.807) is 0 Å². The van der Waals surface area contributed by atoms with Crippen molar-refractivity contribution in [1.29, 1.82) is 0 Å². The minimum absolute atomic E-state index is 0.100. The Morgan fingerprint density at radius 2 is 1.95 bits per heavy atom. The van der Waals surface area contributed by atoms with Gasteiger partial charge in [0, 0.05) is 21.8 Å². The molecule has 22 heavy (non-hydrogen) atoms. The number of esters is 1. The highest BCUT2D eigenvalue weighted by Crippen LogP contribution is 2.36. The summed E-state index contributed by atoms with van der Waals surface area (Å²) in [5, 5.41) is 5.19. The Bertz CT molecular complexity index is 679. The van der Waals surface area contributed by atoms with Crippen LogP contribution in [0.5, 0.6) is 0 Å². The first kappa shape index (κ1) is 16.7. The number of carbonyl (C=O) groups excluding carboxylic acids is 2. The van der Waals surface area contributed by atoms with E-state index in [1.165, 1.54) is 18.4 Å². The third kappa shape index (κ3) is 3.75. The molecule has 1 N–H and O–H groups in total. The van der Waals surface area contributed by atoms with Gasteiger partial charge in [0.05, 0.1) is 7.11 Å². The molecule has 1 aromatic heterocycles. The lowest BCUT2D eigenvalue weighted by Crippen LogP contribution is -2.13. The van der Waals surface area contributed by atoms with Crippen LogP contribution in [-0.2, 0) is 9.53 Å². The summed E-state index contributed by atoms with van der Waals surface area (Å²) in [6.45, 7) is 1.93. The molecule has 2 rings (SSSR count). The number of benzene rings is 1. The van der Waals surface area contributed by atoms with E-state index in [9.17, 15) is 9.59 Å². The highest BCUT2D eigenvalue weighted by Gasteiger charge is 2.22. The van der Waals surface area contributed by atoms with Gasteiger partial charge in [-0.3, -0.25) is 4.79 Å². The third-order valence-electron chi connectivity index (χ3n) is 3.07. The van der Waals surface area contributed by atoms with E-state index in [2.05, 4.69) is 21.2 Å². The van der Waals surface area contributed by atoms with Gasteiger partial charge in [-0.2, -0.15) is 0 Å². The van der Waals surface area contributed by atoms with Gasteiger partial charge in [-0.25, -0.2) is 4.79 Å². The molecule has 0 spiro atoms. The van der Waals surface area contributed by atoms with Crippen LogP contribution in [0.25, 0.3) is 11.1 Å². The molecule has 1 heterocycles. The van der Waals surface area contributed by atoms with Crippen molar-refractivity contribution < 1.29 is 14.3 Å². The molecule has 116 valence electrons. The van der Waals surface area contributed by atoms with Crippen LogP contribution in [0.3, 0.4) is 0 Å². The van der Waals surface area contributed by atoms with Gasteiger partial charge >= 0.3 is 5.97 Å². The lowest BCUT2D eigenvalue weighted by Gasteiger charge is -2.07. The molecule has 4 nitrogen and oxygen atoms in total. The van der Waals surface area contributed by atoms with E-state index in [4.69, 9.17) is 4.74 Å². The Morgan fingerprint density at radius 1 is 1.27 bits per heavy atom. The fraction of sp³-hybridized carbons (Fsp3) is 0.250. The highest BCUT2D eigenvalue weighted by atomic mass is 79.9. The van der Waals surface area contributed by atoms with Crippen molar-refractivity contribution in [3.05, 3.63) is 39.7 Å². The fourth-order valence-corrected chi connectivity index (χ4v) is 3.25. The summed E-state index contributed by atoms with van der Waals surface area (Å²) in [6, 6.07) is 7.64. The van der Waals surface area contributed by atoms with Crippen LogP contribution in [0.15, 0.2) is 34.1 Å². The predicted octanol–water partition coefficient (Wildman–Crippen LogP) is 4.70. The maximum Gasteiger partial charge on any atom is 0.341 e. The predicted molar refractivity (Wildman–Crippen MR) is 92.3 cm³/mol. The summed E-state index contributed by atoms with van der Waals surface area (Å²) in [4.78, 5) is 23.9. The number of carbonyl (C=O) groups is 2. The SMILES string of the molecule is CCCC(=O)Nc1scc(-c2ccc(Br)cc2)c1C(=O)OC. The van der Waals surface area contributed by atoms with Crippen molar-refractivity contribution in [3.63, 3.8) is 0 Å². The minimum Gasteiger partial charge on any atom is -0.465 e. The Hall–Kier alpha value is -1.66. The van der Waals surface area contributed by atoms with E-state index in [0.717, 1.165) is 22.0 Å². The number of hydrogen-bond donors (Lipinski definition) is 1. The molecule has 0 aliphatic carbocycles. The molecule has 0 saturated carbocycles. The Labute approximate surface area is 141 Å². The van der Waals surface area contributed by atoms with Crippen LogP contribution >= 0.6 is 27.3 Å². The Kier molecular flexibility index (Phi) is 5.74. The largest absolute Gasteiger partial charge is 0.465 e. The maximum absolute atomic E-state index is 12.1. The second kappa shape index (κ2) is 7.56. The first-order valence-corrected chi connectivity index (χ1v) is 8.49. The van der Waals surface area contributed by atoms with Crippen molar-refractivity contribution in [2.45, 2.75) is 19.8 Å². The second-order valence-electron chi connectivity index (χ2n) is 4.65. The van der Waals surface area contributed by atoms with Gasteiger partial charge < -0.3 is 10.1 Å². The highest BCUT2D eigenvalue weighted by molar-refractivity contribution is 9.10. The van der Waals surface area contributed by atoms with Crippen LogP contribution in [0.4, 0.5) is 5.00 Å². The number of hydrogen-bond acceptors (Lipinski definition) is 4. The summed E-state index contributed by atoms with van der Waals surface area (Å²) in [6.07, 6.45) is 1.18. The number of nitrogens with one attached hydrogen (secondary N) is 1. The number of ether oxygens (including phenoxy) is 1. The monoisotopic (exact) mass is 381 g/mol. The molecule has 0 radical (unpaired) electrons. The van der Waals surface area contributed by atoms with E-state index in [-0.39, 0.29) is 5.91 Å². The van der Waals surface area contributed by atoms with Crippen LogP contribution in [0.1, 0.15) is 30.1 Å². The number of anilines is 1. The van der Waals surface area contributed by atoms with Gasteiger partial charge in [-0.1, -0.05) is 35.0 Å². The molecule has 0 aliphatic rings. The quantitative estimate of drug-likeness (QED) is 0.763. The molecule has 1 aromatic carbocycles. The molecule has 1 amide bonds. The van der Waals surface area contributed by atoms with Gasteiger partial charge in [-0.15, -0.1) is 11.3 Å². The van der Waals surface area contributed by atoms with Gasteiger partial charge in [-0.05, 0) is 24.1 Å². The Balaban J connectivity index is 2.42. The molecule has 0 unspecified atom stereocenters. The van der Waals surface area contributed by atoms with Crippen molar-refractivity contribution in [2.75, 3.05) is 12.4 Å². The average Bonchev–Trinajstić information content (AvgIpc) is 2.91. The summed E-state index contributed by atoms with van der Waals surface area (Å²) < 4.78 is 5.83. The molecule has 0 atom stereocenters. The van der Waals surface area contributed by atoms with Gasteiger partial charge in [0.2, 0.25) is 5.91 Å². The fourth-order valence-electron chi connectivity index (χ4n) is 2.01. The summed E-state index contributed by atoms with van der Waals surface area (Å²) in [7, 11) is 1.34. The lowest BCUT2D eigenvalue weighted by molar-refractivity contribution is -0.116. The summed E-state index contributed by atoms with van der Waals surface area (Å²) in [5.41, 5.74) is 2.06.